The summed E-state index contributed by atoms with van der Waals surface area (Å²) in [5.74, 6) is 1.29. The number of nitrogens with zero attached hydrogens (tertiary/aromatic N) is 3. The van der Waals surface area contributed by atoms with Crippen molar-refractivity contribution in [1.82, 2.24) is 9.97 Å². The minimum atomic E-state index is 0.586. The molecule has 3 rings (SSSR count). The predicted molar refractivity (Wildman–Crippen MR) is 74.2 cm³/mol. The van der Waals surface area contributed by atoms with Gasteiger partial charge in [0.25, 0.3) is 0 Å². The lowest BCUT2D eigenvalue weighted by atomic mass is 9.98. The van der Waals surface area contributed by atoms with E-state index in [0.717, 1.165) is 25.2 Å². The first-order valence-electron chi connectivity index (χ1n) is 6.26. The lowest BCUT2D eigenvalue weighted by Gasteiger charge is -2.29. The number of anilines is 2. The highest BCUT2D eigenvalue weighted by molar-refractivity contribution is 5.54. The molecule has 0 saturated heterocycles. The standard InChI is InChI=1S/C14H16N4O/c1-19-13-5-7-16-14(17-13)18-8-6-11-10(9-18)3-2-4-12(11)15/h2-5,7H,6,8-9,15H2,1H3. The molecule has 0 spiro atoms. The van der Waals surface area contributed by atoms with Crippen LogP contribution in [0.15, 0.2) is 30.5 Å². The third kappa shape index (κ3) is 2.19. The van der Waals surface area contributed by atoms with Crippen LogP contribution >= 0.6 is 0 Å². The number of hydrogen-bond donors (Lipinski definition) is 1. The van der Waals surface area contributed by atoms with Gasteiger partial charge in [0, 0.05) is 31.0 Å². The zero-order valence-corrected chi connectivity index (χ0v) is 10.8. The van der Waals surface area contributed by atoms with Crippen molar-refractivity contribution in [3.05, 3.63) is 41.6 Å². The van der Waals surface area contributed by atoms with E-state index in [0.29, 0.717) is 11.8 Å². The van der Waals surface area contributed by atoms with Gasteiger partial charge >= 0.3 is 0 Å². The maximum atomic E-state index is 6.00. The van der Waals surface area contributed by atoms with Gasteiger partial charge in [0.1, 0.15) is 0 Å². The number of ether oxygens (including phenoxy) is 1. The topological polar surface area (TPSA) is 64.3 Å². The third-order valence-electron chi connectivity index (χ3n) is 3.41. The molecule has 0 radical (unpaired) electrons. The zero-order chi connectivity index (χ0) is 13.2. The normalized spacial score (nSPS) is 14.1. The lowest BCUT2D eigenvalue weighted by Crippen LogP contribution is -2.32. The second-order valence-electron chi connectivity index (χ2n) is 4.56. The van der Waals surface area contributed by atoms with Gasteiger partial charge in [-0.15, -0.1) is 0 Å². The molecule has 98 valence electrons. The molecule has 19 heavy (non-hydrogen) atoms. The number of hydrogen-bond acceptors (Lipinski definition) is 5. The van der Waals surface area contributed by atoms with Crippen molar-refractivity contribution in [2.75, 3.05) is 24.3 Å². The highest BCUT2D eigenvalue weighted by Gasteiger charge is 2.20. The maximum Gasteiger partial charge on any atom is 0.228 e. The first-order chi connectivity index (χ1) is 9.28. The van der Waals surface area contributed by atoms with Gasteiger partial charge in [0.15, 0.2) is 0 Å². The van der Waals surface area contributed by atoms with Crippen LogP contribution in [0, 0.1) is 0 Å². The SMILES string of the molecule is COc1ccnc(N2CCc3c(N)cccc3C2)n1. The monoisotopic (exact) mass is 256 g/mol. The van der Waals surface area contributed by atoms with Gasteiger partial charge in [-0.1, -0.05) is 12.1 Å². The Morgan fingerprint density at radius 2 is 2.21 bits per heavy atom. The van der Waals surface area contributed by atoms with Crippen molar-refractivity contribution in [3.63, 3.8) is 0 Å². The number of nitrogen functional groups attached to an aromatic ring is 1. The molecule has 1 aliphatic rings. The first kappa shape index (κ1) is 11.8. The fraction of sp³-hybridized carbons (Fsp3) is 0.286. The van der Waals surface area contributed by atoms with Crippen molar-refractivity contribution in [1.29, 1.82) is 0 Å². The van der Waals surface area contributed by atoms with Crippen LogP contribution in [0.4, 0.5) is 11.6 Å². The molecule has 2 heterocycles. The van der Waals surface area contributed by atoms with Crippen LogP contribution in [0.3, 0.4) is 0 Å². The summed E-state index contributed by atoms with van der Waals surface area (Å²) in [5, 5.41) is 0. The highest BCUT2D eigenvalue weighted by Crippen LogP contribution is 2.26. The summed E-state index contributed by atoms with van der Waals surface area (Å²) in [5.41, 5.74) is 9.38. The van der Waals surface area contributed by atoms with E-state index in [9.17, 15) is 0 Å². The zero-order valence-electron chi connectivity index (χ0n) is 10.8. The van der Waals surface area contributed by atoms with Gasteiger partial charge in [-0.2, -0.15) is 4.98 Å². The molecule has 0 unspecified atom stereocenters. The average molecular weight is 256 g/mol. The number of rotatable bonds is 2. The largest absolute Gasteiger partial charge is 0.481 e. The molecule has 0 saturated carbocycles. The van der Waals surface area contributed by atoms with Crippen LogP contribution in [-0.4, -0.2) is 23.6 Å². The minimum Gasteiger partial charge on any atom is -0.481 e. The molecule has 2 N–H and O–H groups in total. The molecular weight excluding hydrogens is 240 g/mol. The van der Waals surface area contributed by atoms with Crippen LogP contribution in [0.2, 0.25) is 0 Å². The quantitative estimate of drug-likeness (QED) is 0.827. The van der Waals surface area contributed by atoms with Gasteiger partial charge in [-0.05, 0) is 23.6 Å². The molecule has 2 aromatic rings. The number of benzene rings is 1. The Morgan fingerprint density at radius 3 is 3.05 bits per heavy atom. The van der Waals surface area contributed by atoms with Gasteiger partial charge in [-0.3, -0.25) is 0 Å². The summed E-state index contributed by atoms with van der Waals surface area (Å²) in [6, 6.07) is 7.80. The molecule has 0 amide bonds. The Hall–Kier alpha value is -2.30. The van der Waals surface area contributed by atoms with E-state index in [4.69, 9.17) is 10.5 Å². The summed E-state index contributed by atoms with van der Waals surface area (Å²) in [6.07, 6.45) is 2.64. The first-order valence-corrected chi connectivity index (χ1v) is 6.26. The smallest absolute Gasteiger partial charge is 0.228 e. The molecule has 5 nitrogen and oxygen atoms in total. The molecule has 1 aromatic heterocycles. The van der Waals surface area contributed by atoms with Crippen LogP contribution in [0.1, 0.15) is 11.1 Å². The summed E-state index contributed by atoms with van der Waals surface area (Å²) < 4.78 is 5.14. The van der Waals surface area contributed by atoms with Gasteiger partial charge in [0.05, 0.1) is 7.11 Å². The molecule has 1 aliphatic heterocycles. The van der Waals surface area contributed by atoms with Crippen molar-refractivity contribution >= 4 is 11.6 Å². The van der Waals surface area contributed by atoms with Crippen LogP contribution < -0.4 is 15.4 Å². The van der Waals surface area contributed by atoms with E-state index in [-0.39, 0.29) is 0 Å². The molecule has 1 aromatic carbocycles. The second-order valence-corrected chi connectivity index (χ2v) is 4.56. The van der Waals surface area contributed by atoms with E-state index < -0.39 is 0 Å². The van der Waals surface area contributed by atoms with Crippen molar-refractivity contribution in [2.45, 2.75) is 13.0 Å². The van der Waals surface area contributed by atoms with E-state index >= 15 is 0 Å². The van der Waals surface area contributed by atoms with E-state index in [1.807, 2.05) is 12.1 Å². The fourth-order valence-electron chi connectivity index (χ4n) is 2.41. The Kier molecular flexibility index (Phi) is 2.95. The molecule has 0 fully saturated rings. The summed E-state index contributed by atoms with van der Waals surface area (Å²) in [6.45, 7) is 1.65. The van der Waals surface area contributed by atoms with Crippen molar-refractivity contribution < 1.29 is 4.74 Å². The molecule has 0 atom stereocenters. The van der Waals surface area contributed by atoms with E-state index in [1.54, 1.807) is 19.4 Å². The number of aromatic nitrogens is 2. The molecular formula is C14H16N4O. The summed E-state index contributed by atoms with van der Waals surface area (Å²) in [4.78, 5) is 10.8. The summed E-state index contributed by atoms with van der Waals surface area (Å²) in [7, 11) is 1.61. The lowest BCUT2D eigenvalue weighted by molar-refractivity contribution is 0.396. The van der Waals surface area contributed by atoms with Crippen LogP contribution in [0.25, 0.3) is 0 Å². The minimum absolute atomic E-state index is 0.586. The Labute approximate surface area is 112 Å². The second kappa shape index (κ2) is 4.76. The average Bonchev–Trinajstić information content (AvgIpc) is 2.47. The fourth-order valence-corrected chi connectivity index (χ4v) is 2.41. The van der Waals surface area contributed by atoms with Crippen molar-refractivity contribution in [3.8, 4) is 5.88 Å². The Balaban J connectivity index is 1.89. The molecule has 0 bridgehead atoms. The maximum absolute atomic E-state index is 6.00. The van der Waals surface area contributed by atoms with E-state index in [1.165, 1.54) is 11.1 Å². The van der Waals surface area contributed by atoms with Crippen LogP contribution in [0.5, 0.6) is 5.88 Å². The predicted octanol–water partition coefficient (Wildman–Crippen LogP) is 1.63. The molecule has 5 heteroatoms. The highest BCUT2D eigenvalue weighted by atomic mass is 16.5. The number of methoxy groups -OCH3 is 1. The van der Waals surface area contributed by atoms with Crippen molar-refractivity contribution in [2.24, 2.45) is 0 Å². The van der Waals surface area contributed by atoms with Crippen LogP contribution in [-0.2, 0) is 13.0 Å². The summed E-state index contributed by atoms with van der Waals surface area (Å²) >= 11 is 0. The number of fused-ring (bicyclic) bond motifs is 1. The molecule has 0 aliphatic carbocycles. The van der Waals surface area contributed by atoms with Gasteiger partial charge in [0.2, 0.25) is 11.8 Å². The van der Waals surface area contributed by atoms with Gasteiger partial charge in [-0.25, -0.2) is 4.98 Å². The van der Waals surface area contributed by atoms with Gasteiger partial charge < -0.3 is 15.4 Å². The Morgan fingerprint density at radius 1 is 1.32 bits per heavy atom. The number of nitrogens with two attached hydrogens (primary N) is 1. The Bertz CT molecular complexity index is 600. The third-order valence-corrected chi connectivity index (χ3v) is 3.41. The van der Waals surface area contributed by atoms with E-state index in [2.05, 4.69) is 20.9 Å².